The highest BCUT2D eigenvalue weighted by molar-refractivity contribution is 7.14. The molecule has 0 aliphatic carbocycles. The lowest BCUT2D eigenvalue weighted by Gasteiger charge is -2.25. The number of hydrogen-bond acceptors (Lipinski definition) is 4. The molecule has 0 bridgehead atoms. The zero-order valence-electron chi connectivity index (χ0n) is 12.6. The van der Waals surface area contributed by atoms with E-state index in [0.717, 1.165) is 30.2 Å². The molecule has 4 nitrogen and oxygen atoms in total. The van der Waals surface area contributed by atoms with E-state index >= 15 is 0 Å². The Balaban J connectivity index is 2.63. The van der Waals surface area contributed by atoms with E-state index < -0.39 is 0 Å². The molecule has 0 saturated heterocycles. The summed E-state index contributed by atoms with van der Waals surface area (Å²) in [4.78, 5) is 17.7. The van der Waals surface area contributed by atoms with Crippen molar-refractivity contribution in [1.29, 1.82) is 0 Å². The van der Waals surface area contributed by atoms with Gasteiger partial charge in [0.05, 0.1) is 5.69 Å². The third-order valence-corrected chi connectivity index (χ3v) is 4.00. The first-order valence-corrected chi connectivity index (χ1v) is 7.75. The molecule has 1 rings (SSSR count). The predicted molar refractivity (Wildman–Crippen MR) is 81.6 cm³/mol. The van der Waals surface area contributed by atoms with E-state index in [4.69, 9.17) is 0 Å². The lowest BCUT2D eigenvalue weighted by Crippen LogP contribution is -2.38. The van der Waals surface area contributed by atoms with Crippen LogP contribution in [0.4, 0.5) is 5.13 Å². The predicted octanol–water partition coefficient (Wildman–Crippen LogP) is 3.18. The van der Waals surface area contributed by atoms with Crippen LogP contribution in [0.15, 0.2) is 5.38 Å². The summed E-state index contributed by atoms with van der Waals surface area (Å²) >= 11 is 1.53. The smallest absolute Gasteiger partial charge is 0.225 e. The molecule has 0 atom stereocenters. The Morgan fingerprint density at radius 3 is 2.68 bits per heavy atom. The summed E-state index contributed by atoms with van der Waals surface area (Å²) in [5, 5.41) is 6.33. The first kappa shape index (κ1) is 16.1. The number of nitrogens with one attached hydrogen (secondary N) is 1. The average molecular weight is 283 g/mol. The first-order valence-electron chi connectivity index (χ1n) is 6.87. The maximum Gasteiger partial charge on any atom is 0.225 e. The molecule has 1 aromatic heterocycles. The van der Waals surface area contributed by atoms with Crippen molar-refractivity contribution >= 4 is 22.4 Å². The topological polar surface area (TPSA) is 45.2 Å². The number of nitrogens with zero attached hydrogens (tertiary/aromatic N) is 2. The van der Waals surface area contributed by atoms with Crippen molar-refractivity contribution < 1.29 is 4.79 Å². The number of amides is 1. The van der Waals surface area contributed by atoms with Crippen molar-refractivity contribution in [3.63, 3.8) is 0 Å². The van der Waals surface area contributed by atoms with Gasteiger partial charge in [-0.05, 0) is 27.2 Å². The molecule has 0 radical (unpaired) electrons. The van der Waals surface area contributed by atoms with Crippen molar-refractivity contribution in [2.75, 3.05) is 11.4 Å². The monoisotopic (exact) mass is 283 g/mol. The van der Waals surface area contributed by atoms with Gasteiger partial charge in [0.2, 0.25) is 5.91 Å². The van der Waals surface area contributed by atoms with Crippen molar-refractivity contribution in [1.82, 2.24) is 10.3 Å². The highest BCUT2D eigenvalue weighted by Gasteiger charge is 2.17. The molecule has 0 fully saturated rings. The fourth-order valence-electron chi connectivity index (χ4n) is 2.04. The molecule has 1 heterocycles. The third-order valence-electron chi connectivity index (χ3n) is 3.09. The maximum absolute atomic E-state index is 11.5. The first-order chi connectivity index (χ1) is 8.89. The van der Waals surface area contributed by atoms with Crippen LogP contribution in [0.2, 0.25) is 0 Å². The summed E-state index contributed by atoms with van der Waals surface area (Å²) in [5.74, 6) is 0.0441. The molecule has 0 aromatic carbocycles. The van der Waals surface area contributed by atoms with E-state index in [1.807, 2.05) is 12.3 Å². The van der Waals surface area contributed by atoms with Gasteiger partial charge in [-0.2, -0.15) is 0 Å². The fourth-order valence-corrected chi connectivity index (χ4v) is 2.97. The van der Waals surface area contributed by atoms with Gasteiger partial charge >= 0.3 is 0 Å². The van der Waals surface area contributed by atoms with Crippen molar-refractivity contribution in [2.24, 2.45) is 0 Å². The lowest BCUT2D eigenvalue weighted by molar-refractivity contribution is -0.116. The summed E-state index contributed by atoms with van der Waals surface area (Å²) in [7, 11) is 0. The molecule has 1 amide bonds. The Morgan fingerprint density at radius 2 is 2.16 bits per heavy atom. The van der Waals surface area contributed by atoms with Crippen LogP contribution in [0.1, 0.15) is 53.2 Å². The van der Waals surface area contributed by atoms with E-state index in [1.54, 1.807) is 11.8 Å². The van der Waals surface area contributed by atoms with Crippen LogP contribution in [-0.2, 0) is 11.3 Å². The van der Waals surface area contributed by atoms with Crippen molar-refractivity contribution in [3.8, 4) is 0 Å². The van der Waals surface area contributed by atoms with Gasteiger partial charge in [0.25, 0.3) is 0 Å². The number of aromatic nitrogens is 1. The second-order valence-corrected chi connectivity index (χ2v) is 6.21. The van der Waals surface area contributed by atoms with Gasteiger partial charge in [0, 0.05) is 30.9 Å². The minimum absolute atomic E-state index is 0.0441. The lowest BCUT2D eigenvalue weighted by atomic mass is 9.99. The zero-order valence-corrected chi connectivity index (χ0v) is 13.4. The van der Waals surface area contributed by atoms with Crippen molar-refractivity contribution in [3.05, 3.63) is 11.1 Å². The maximum atomic E-state index is 11.5. The van der Waals surface area contributed by atoms with Gasteiger partial charge in [0.1, 0.15) is 0 Å². The number of carbonyl (C=O) groups excluding carboxylic acids is 1. The number of rotatable bonds is 7. The SMILES string of the molecule is CCCC(C)(C)NCc1csc(N(CC)C(C)=O)n1. The normalized spacial score (nSPS) is 11.6. The van der Waals surface area contributed by atoms with E-state index in [0.29, 0.717) is 6.54 Å². The minimum Gasteiger partial charge on any atom is -0.306 e. The van der Waals surface area contributed by atoms with Gasteiger partial charge in [0.15, 0.2) is 5.13 Å². The molecule has 0 aliphatic rings. The molecule has 19 heavy (non-hydrogen) atoms. The van der Waals surface area contributed by atoms with E-state index in [2.05, 4.69) is 31.1 Å². The van der Waals surface area contributed by atoms with Gasteiger partial charge in [-0.25, -0.2) is 4.98 Å². The molecule has 1 aromatic rings. The standard InChI is InChI=1S/C14H25N3OS/c1-6-8-14(4,5)15-9-12-10-19-13(16-12)17(7-2)11(3)18/h10,15H,6-9H2,1-5H3. The average Bonchev–Trinajstić information content (AvgIpc) is 2.76. The highest BCUT2D eigenvalue weighted by atomic mass is 32.1. The highest BCUT2D eigenvalue weighted by Crippen LogP contribution is 2.21. The number of thiazole rings is 1. The summed E-state index contributed by atoms with van der Waals surface area (Å²) in [6.07, 6.45) is 2.30. The number of carbonyl (C=O) groups is 1. The van der Waals surface area contributed by atoms with Crippen LogP contribution in [-0.4, -0.2) is 23.0 Å². The van der Waals surface area contributed by atoms with Crippen LogP contribution < -0.4 is 10.2 Å². The van der Waals surface area contributed by atoms with E-state index in [-0.39, 0.29) is 11.4 Å². The third kappa shape index (κ3) is 4.91. The molecule has 1 N–H and O–H groups in total. The summed E-state index contributed by atoms with van der Waals surface area (Å²) in [5.41, 5.74) is 1.13. The molecule has 0 aliphatic heterocycles. The zero-order chi connectivity index (χ0) is 14.5. The quantitative estimate of drug-likeness (QED) is 0.836. The van der Waals surface area contributed by atoms with Crippen LogP contribution >= 0.6 is 11.3 Å². The summed E-state index contributed by atoms with van der Waals surface area (Å²) in [6.45, 7) is 11.6. The largest absolute Gasteiger partial charge is 0.306 e. The molecular formula is C14H25N3OS. The Morgan fingerprint density at radius 1 is 1.47 bits per heavy atom. The van der Waals surface area contributed by atoms with Gasteiger partial charge in [-0.1, -0.05) is 13.3 Å². The van der Waals surface area contributed by atoms with Crippen LogP contribution in [0.5, 0.6) is 0 Å². The molecule has 108 valence electrons. The Bertz CT molecular complexity index is 415. The Labute approximate surface area is 120 Å². The number of hydrogen-bond donors (Lipinski definition) is 1. The molecule has 5 heteroatoms. The Kier molecular flexibility index (Phi) is 5.94. The molecule has 0 spiro atoms. The van der Waals surface area contributed by atoms with E-state index in [1.165, 1.54) is 11.3 Å². The molecule has 0 saturated carbocycles. The van der Waals surface area contributed by atoms with Gasteiger partial charge < -0.3 is 5.32 Å². The second-order valence-electron chi connectivity index (χ2n) is 5.37. The Hall–Kier alpha value is -0.940. The molecular weight excluding hydrogens is 258 g/mol. The van der Waals surface area contributed by atoms with Gasteiger partial charge in [-0.15, -0.1) is 11.3 Å². The minimum atomic E-state index is 0.0441. The molecule has 0 unspecified atom stereocenters. The second kappa shape index (κ2) is 7.01. The van der Waals surface area contributed by atoms with Crippen LogP contribution in [0, 0.1) is 0 Å². The number of anilines is 1. The van der Waals surface area contributed by atoms with Crippen molar-refractivity contribution in [2.45, 2.75) is 59.5 Å². The summed E-state index contributed by atoms with van der Waals surface area (Å²) in [6, 6.07) is 0. The summed E-state index contributed by atoms with van der Waals surface area (Å²) < 4.78 is 0. The van der Waals surface area contributed by atoms with Crippen LogP contribution in [0.3, 0.4) is 0 Å². The van der Waals surface area contributed by atoms with E-state index in [9.17, 15) is 4.79 Å². The van der Waals surface area contributed by atoms with Gasteiger partial charge in [-0.3, -0.25) is 9.69 Å². The fraction of sp³-hybridized carbons (Fsp3) is 0.714. The van der Waals surface area contributed by atoms with Crippen LogP contribution in [0.25, 0.3) is 0 Å².